The molecule has 5 nitrogen and oxygen atoms in total. The third kappa shape index (κ3) is 6.36. The molecule has 0 saturated heterocycles. The number of carboxylic acid groups (broad SMARTS) is 1. The summed E-state index contributed by atoms with van der Waals surface area (Å²) in [6.07, 6.45) is 0.883. The third-order valence-corrected chi connectivity index (χ3v) is 1.70. The first-order valence-electron chi connectivity index (χ1n) is 3.89. The van der Waals surface area contributed by atoms with Crippen LogP contribution >= 0.6 is 11.6 Å². The average molecular weight is 209 g/mol. The van der Waals surface area contributed by atoms with Crippen molar-refractivity contribution in [3.63, 3.8) is 0 Å². The lowest BCUT2D eigenvalue weighted by atomic mass is 10.2. The highest BCUT2D eigenvalue weighted by molar-refractivity contribution is 6.27. The first-order valence-corrected chi connectivity index (χ1v) is 4.42. The second kappa shape index (κ2) is 6.68. The Labute approximate surface area is 81.2 Å². The van der Waals surface area contributed by atoms with Gasteiger partial charge in [0.15, 0.2) is 0 Å². The first kappa shape index (κ1) is 12.2. The van der Waals surface area contributed by atoms with Gasteiger partial charge in [0.25, 0.3) is 0 Å². The molecule has 0 rings (SSSR count). The van der Waals surface area contributed by atoms with Gasteiger partial charge >= 0.3 is 5.97 Å². The summed E-state index contributed by atoms with van der Waals surface area (Å²) in [7, 11) is 0. The molecule has 76 valence electrons. The number of hydrogen-bond acceptors (Lipinski definition) is 3. The number of amides is 1. The zero-order chi connectivity index (χ0) is 10.3. The lowest BCUT2D eigenvalue weighted by Gasteiger charge is -2.06. The number of alkyl halides is 1. The summed E-state index contributed by atoms with van der Waals surface area (Å²) < 4.78 is 0. The predicted molar refractivity (Wildman–Crippen MR) is 48.6 cm³/mol. The van der Waals surface area contributed by atoms with E-state index in [1.807, 2.05) is 0 Å². The van der Waals surface area contributed by atoms with Crippen molar-refractivity contribution in [3.8, 4) is 0 Å². The molecule has 0 aliphatic carbocycles. The van der Waals surface area contributed by atoms with E-state index in [1.165, 1.54) is 0 Å². The zero-order valence-electron chi connectivity index (χ0n) is 7.12. The lowest BCUT2D eigenvalue weighted by Crippen LogP contribution is -2.32. The molecule has 0 fully saturated rings. The molecular formula is C7H13ClN2O3. The van der Waals surface area contributed by atoms with Crippen molar-refractivity contribution in [2.75, 3.05) is 12.4 Å². The van der Waals surface area contributed by atoms with E-state index in [4.69, 9.17) is 22.4 Å². The molecule has 13 heavy (non-hydrogen) atoms. The number of carboxylic acids is 1. The molecule has 4 N–H and O–H groups in total. The van der Waals surface area contributed by atoms with E-state index >= 15 is 0 Å². The summed E-state index contributed by atoms with van der Waals surface area (Å²) >= 11 is 5.21. The van der Waals surface area contributed by atoms with Gasteiger partial charge < -0.3 is 16.2 Å². The molecule has 1 amide bonds. The van der Waals surface area contributed by atoms with Crippen LogP contribution in [-0.2, 0) is 9.59 Å². The maximum atomic E-state index is 10.6. The maximum absolute atomic E-state index is 10.6. The van der Waals surface area contributed by atoms with Gasteiger partial charge in [-0.3, -0.25) is 9.59 Å². The fraction of sp³-hybridized carbons (Fsp3) is 0.714. The number of carbonyl (C=O) groups excluding carboxylic acids is 1. The predicted octanol–water partition coefficient (Wildman–Crippen LogP) is -0.467. The van der Waals surface area contributed by atoms with E-state index in [2.05, 4.69) is 5.32 Å². The van der Waals surface area contributed by atoms with E-state index in [1.54, 1.807) is 0 Å². The van der Waals surface area contributed by atoms with E-state index in [0.29, 0.717) is 19.4 Å². The van der Waals surface area contributed by atoms with Crippen LogP contribution in [-0.4, -0.2) is 35.4 Å². The molecule has 0 bridgehead atoms. The van der Waals surface area contributed by atoms with E-state index in [-0.39, 0.29) is 11.8 Å². The van der Waals surface area contributed by atoms with Crippen molar-refractivity contribution in [1.29, 1.82) is 0 Å². The van der Waals surface area contributed by atoms with Crippen molar-refractivity contribution in [2.24, 2.45) is 5.73 Å². The second-order valence-corrected chi connectivity index (χ2v) is 2.84. The Morgan fingerprint density at radius 2 is 2.15 bits per heavy atom. The van der Waals surface area contributed by atoms with Crippen LogP contribution in [0.2, 0.25) is 0 Å². The maximum Gasteiger partial charge on any atom is 0.320 e. The summed E-state index contributed by atoms with van der Waals surface area (Å²) in [5.74, 6) is -1.36. The second-order valence-electron chi connectivity index (χ2n) is 2.57. The normalized spacial score (nSPS) is 12.2. The fourth-order valence-corrected chi connectivity index (χ4v) is 0.815. The topological polar surface area (TPSA) is 92.4 Å². The molecule has 0 spiro atoms. The van der Waals surface area contributed by atoms with Crippen LogP contribution in [0.25, 0.3) is 0 Å². The van der Waals surface area contributed by atoms with E-state index in [0.717, 1.165) is 0 Å². The van der Waals surface area contributed by atoms with Crippen LogP contribution < -0.4 is 11.1 Å². The van der Waals surface area contributed by atoms with Gasteiger partial charge in [-0.05, 0) is 12.8 Å². The minimum Gasteiger partial charge on any atom is -0.480 e. The molecule has 1 atom stereocenters. The quantitative estimate of drug-likeness (QED) is 0.407. The minimum atomic E-state index is -1.02. The molecule has 0 aromatic carbocycles. The Bertz CT molecular complexity index is 187. The number of rotatable bonds is 6. The Balaban J connectivity index is 3.35. The highest BCUT2D eigenvalue weighted by Crippen LogP contribution is 1.92. The summed E-state index contributed by atoms with van der Waals surface area (Å²) in [6.45, 7) is 0.409. The van der Waals surface area contributed by atoms with Gasteiger partial charge in [-0.15, -0.1) is 11.6 Å². The number of halogens is 1. The minimum absolute atomic E-state index is 0.0784. The number of nitrogens with one attached hydrogen (secondary N) is 1. The molecule has 0 aliphatic heterocycles. The molecular weight excluding hydrogens is 196 g/mol. The van der Waals surface area contributed by atoms with Crippen molar-refractivity contribution in [3.05, 3.63) is 0 Å². The van der Waals surface area contributed by atoms with Gasteiger partial charge in [-0.1, -0.05) is 0 Å². The van der Waals surface area contributed by atoms with Crippen molar-refractivity contribution >= 4 is 23.5 Å². The third-order valence-electron chi connectivity index (χ3n) is 1.45. The lowest BCUT2D eigenvalue weighted by molar-refractivity contribution is -0.138. The molecule has 0 aliphatic rings. The standard InChI is InChI=1S/C7H13ClN2O3/c8-4-6(11)10-3-1-2-5(9)7(12)13/h5H,1-4,9H2,(H,10,11)(H,12,13)/t5-/m1/s1. The summed E-state index contributed by atoms with van der Waals surface area (Å²) in [4.78, 5) is 20.8. The molecule has 0 heterocycles. The summed E-state index contributed by atoms with van der Waals surface area (Å²) in [6, 6.07) is -0.854. The molecule has 0 saturated carbocycles. The van der Waals surface area contributed by atoms with Gasteiger partial charge in [0, 0.05) is 6.54 Å². The van der Waals surface area contributed by atoms with Gasteiger partial charge in [0.05, 0.1) is 0 Å². The summed E-state index contributed by atoms with van der Waals surface area (Å²) in [5, 5.41) is 10.9. The SMILES string of the molecule is N[C@H](CCCNC(=O)CCl)C(=O)O. The monoisotopic (exact) mass is 208 g/mol. The van der Waals surface area contributed by atoms with Crippen LogP contribution in [0.1, 0.15) is 12.8 Å². The molecule has 6 heteroatoms. The van der Waals surface area contributed by atoms with Crippen LogP contribution in [0.4, 0.5) is 0 Å². The average Bonchev–Trinajstić information content (AvgIpc) is 2.11. The van der Waals surface area contributed by atoms with E-state index < -0.39 is 12.0 Å². The van der Waals surface area contributed by atoms with Crippen molar-refractivity contribution < 1.29 is 14.7 Å². The Morgan fingerprint density at radius 1 is 1.54 bits per heavy atom. The van der Waals surface area contributed by atoms with Gasteiger partial charge in [-0.25, -0.2) is 0 Å². The first-order chi connectivity index (χ1) is 6.07. The Hall–Kier alpha value is -0.810. The molecule has 0 radical (unpaired) electrons. The zero-order valence-corrected chi connectivity index (χ0v) is 7.88. The largest absolute Gasteiger partial charge is 0.480 e. The Kier molecular flexibility index (Phi) is 6.26. The smallest absolute Gasteiger partial charge is 0.320 e. The fourth-order valence-electron chi connectivity index (χ4n) is 0.721. The summed E-state index contributed by atoms with van der Waals surface area (Å²) in [5.41, 5.74) is 5.23. The van der Waals surface area contributed by atoms with Crippen molar-refractivity contribution in [1.82, 2.24) is 5.32 Å². The number of hydrogen-bond donors (Lipinski definition) is 3. The van der Waals surface area contributed by atoms with E-state index in [9.17, 15) is 9.59 Å². The van der Waals surface area contributed by atoms with Crippen LogP contribution in [0.15, 0.2) is 0 Å². The van der Waals surface area contributed by atoms with Crippen LogP contribution in [0.3, 0.4) is 0 Å². The van der Waals surface area contributed by atoms with Crippen LogP contribution in [0.5, 0.6) is 0 Å². The van der Waals surface area contributed by atoms with Crippen LogP contribution in [0, 0.1) is 0 Å². The highest BCUT2D eigenvalue weighted by Gasteiger charge is 2.10. The Morgan fingerprint density at radius 3 is 2.62 bits per heavy atom. The van der Waals surface area contributed by atoms with Gasteiger partial charge in [0.1, 0.15) is 11.9 Å². The van der Waals surface area contributed by atoms with Gasteiger partial charge in [0.2, 0.25) is 5.91 Å². The molecule has 0 aromatic rings. The molecule has 0 unspecified atom stereocenters. The molecule has 0 aromatic heterocycles. The van der Waals surface area contributed by atoms with Gasteiger partial charge in [-0.2, -0.15) is 0 Å². The number of nitrogens with two attached hydrogens (primary N) is 1. The number of aliphatic carboxylic acids is 1. The number of carbonyl (C=O) groups is 2. The highest BCUT2D eigenvalue weighted by atomic mass is 35.5. The van der Waals surface area contributed by atoms with Crippen molar-refractivity contribution in [2.45, 2.75) is 18.9 Å².